The average molecular weight is 319 g/mol. The molecule has 1 N–H and O–H groups in total. The van der Waals surface area contributed by atoms with Crippen molar-refractivity contribution in [2.75, 3.05) is 4.72 Å². The summed E-state index contributed by atoms with van der Waals surface area (Å²) in [7, 11) is -4.26. The summed E-state index contributed by atoms with van der Waals surface area (Å²) in [6, 6.07) is 5.65. The van der Waals surface area contributed by atoms with Gasteiger partial charge in [0.2, 0.25) is 0 Å². The van der Waals surface area contributed by atoms with Gasteiger partial charge >= 0.3 is 0 Å². The van der Waals surface area contributed by atoms with Gasteiger partial charge in [0.1, 0.15) is 22.3 Å². The third-order valence-electron chi connectivity index (χ3n) is 2.61. The first-order valence-electron chi connectivity index (χ1n) is 5.72. The molecule has 0 saturated carbocycles. The van der Waals surface area contributed by atoms with E-state index in [4.69, 9.17) is 11.7 Å². The largest absolute Gasteiger partial charge is 0.274 e. The molecule has 1 aromatic carbocycles. The first-order valence-corrected chi connectivity index (χ1v) is 7.20. The Morgan fingerprint density at radius 2 is 1.86 bits per heavy atom. The lowest BCUT2D eigenvalue weighted by Crippen LogP contribution is -2.15. The van der Waals surface area contributed by atoms with E-state index < -0.39 is 27.3 Å². The normalized spacial score (nSPS) is 10.5. The van der Waals surface area contributed by atoms with Crippen molar-refractivity contribution in [1.29, 1.82) is 5.26 Å². The Labute approximate surface area is 125 Å². The number of nitrogens with zero attached hydrogens (tertiary/aromatic N) is 2. The summed E-state index contributed by atoms with van der Waals surface area (Å²) < 4.78 is 53.4. The van der Waals surface area contributed by atoms with Gasteiger partial charge in [-0.1, -0.05) is 5.92 Å². The minimum Gasteiger partial charge on any atom is -0.274 e. The molecule has 2 aromatic rings. The molecule has 0 unspecified atom stereocenters. The van der Waals surface area contributed by atoms with Gasteiger partial charge in [-0.05, 0) is 24.3 Å². The van der Waals surface area contributed by atoms with Gasteiger partial charge in [-0.2, -0.15) is 5.26 Å². The highest BCUT2D eigenvalue weighted by molar-refractivity contribution is 7.92. The van der Waals surface area contributed by atoms with E-state index in [1.807, 2.05) is 5.92 Å². The number of hydrogen-bond acceptors (Lipinski definition) is 4. The molecule has 0 bridgehead atoms. The molecule has 2 rings (SSSR count). The van der Waals surface area contributed by atoms with E-state index in [0.717, 1.165) is 24.4 Å². The predicted molar refractivity (Wildman–Crippen MR) is 74.1 cm³/mol. The first-order chi connectivity index (χ1) is 10.4. The molecule has 0 fully saturated rings. The van der Waals surface area contributed by atoms with Gasteiger partial charge in [0.25, 0.3) is 10.0 Å². The quantitative estimate of drug-likeness (QED) is 0.877. The van der Waals surface area contributed by atoms with Crippen molar-refractivity contribution in [3.05, 3.63) is 53.4 Å². The smallest absolute Gasteiger partial charge is 0.263 e. The molecular formula is C14H7F2N3O2S. The summed E-state index contributed by atoms with van der Waals surface area (Å²) in [5.74, 6) is -0.236. The fourth-order valence-corrected chi connectivity index (χ4v) is 2.57. The molecule has 5 nitrogen and oxygen atoms in total. The Kier molecular flexibility index (Phi) is 4.06. The minimum atomic E-state index is -4.26. The number of benzene rings is 1. The third kappa shape index (κ3) is 3.03. The van der Waals surface area contributed by atoms with E-state index in [2.05, 4.69) is 4.98 Å². The minimum absolute atomic E-state index is 0.00897. The SMILES string of the molecule is C#Cc1cc(F)c(NS(=O)(=O)c2ccc(C#N)nc2)c(F)c1. The Morgan fingerprint density at radius 1 is 1.23 bits per heavy atom. The zero-order chi connectivity index (χ0) is 16.3. The average Bonchev–Trinajstić information content (AvgIpc) is 2.50. The van der Waals surface area contributed by atoms with Crippen LogP contribution < -0.4 is 4.72 Å². The van der Waals surface area contributed by atoms with Crippen LogP contribution in [-0.4, -0.2) is 13.4 Å². The van der Waals surface area contributed by atoms with Gasteiger partial charge in [-0.3, -0.25) is 4.72 Å². The molecule has 0 aliphatic rings. The predicted octanol–water partition coefficient (Wildman–Crippen LogP) is 2.01. The van der Waals surface area contributed by atoms with Gasteiger partial charge in [-0.25, -0.2) is 22.2 Å². The second kappa shape index (κ2) is 5.80. The van der Waals surface area contributed by atoms with Crippen molar-refractivity contribution < 1.29 is 17.2 Å². The summed E-state index contributed by atoms with van der Waals surface area (Å²) in [6.07, 6.45) is 5.94. The van der Waals surface area contributed by atoms with Crippen LogP contribution in [-0.2, 0) is 10.0 Å². The lowest BCUT2D eigenvalue weighted by Gasteiger charge is -2.10. The van der Waals surface area contributed by atoms with E-state index in [-0.39, 0.29) is 16.2 Å². The van der Waals surface area contributed by atoms with Crippen LogP contribution in [0.15, 0.2) is 35.4 Å². The molecule has 0 atom stereocenters. The molecule has 0 amide bonds. The number of halogens is 2. The fraction of sp³-hybridized carbons (Fsp3) is 0. The second-order valence-electron chi connectivity index (χ2n) is 4.06. The third-order valence-corrected chi connectivity index (χ3v) is 3.94. The number of sulfonamides is 1. The molecule has 1 heterocycles. The van der Waals surface area contributed by atoms with Crippen molar-refractivity contribution in [2.24, 2.45) is 0 Å². The molecule has 8 heteroatoms. The van der Waals surface area contributed by atoms with E-state index in [1.54, 1.807) is 10.8 Å². The topological polar surface area (TPSA) is 82.9 Å². The van der Waals surface area contributed by atoms with Crippen molar-refractivity contribution >= 4 is 15.7 Å². The standard InChI is InChI=1S/C14H7F2N3O2S/c1-2-9-5-12(15)14(13(16)6-9)19-22(20,21)11-4-3-10(7-17)18-8-11/h1,3-6,8,19H. The van der Waals surface area contributed by atoms with Crippen LogP contribution in [0.3, 0.4) is 0 Å². The zero-order valence-electron chi connectivity index (χ0n) is 10.8. The Bertz CT molecular complexity index is 888. The Balaban J connectivity index is 2.41. The van der Waals surface area contributed by atoms with Gasteiger partial charge in [0, 0.05) is 11.8 Å². The number of rotatable bonds is 3. The van der Waals surface area contributed by atoms with Crippen molar-refractivity contribution in [3.63, 3.8) is 0 Å². The zero-order valence-corrected chi connectivity index (χ0v) is 11.7. The van der Waals surface area contributed by atoms with Crippen LogP contribution in [0.2, 0.25) is 0 Å². The van der Waals surface area contributed by atoms with E-state index in [9.17, 15) is 17.2 Å². The maximum Gasteiger partial charge on any atom is 0.263 e. The van der Waals surface area contributed by atoms with Gasteiger partial charge in [0.05, 0.1) is 0 Å². The summed E-state index contributed by atoms with van der Waals surface area (Å²) in [4.78, 5) is 3.24. The first kappa shape index (κ1) is 15.4. The van der Waals surface area contributed by atoms with Gasteiger partial charge < -0.3 is 0 Å². The van der Waals surface area contributed by atoms with E-state index >= 15 is 0 Å². The molecule has 1 aromatic heterocycles. The fourth-order valence-electron chi connectivity index (χ4n) is 1.55. The summed E-state index contributed by atoms with van der Waals surface area (Å²) >= 11 is 0. The van der Waals surface area contributed by atoms with E-state index in [1.165, 1.54) is 6.07 Å². The number of nitriles is 1. The summed E-state index contributed by atoms with van der Waals surface area (Å²) in [5, 5.41) is 8.60. The molecule has 22 heavy (non-hydrogen) atoms. The highest BCUT2D eigenvalue weighted by Gasteiger charge is 2.20. The van der Waals surface area contributed by atoms with Gasteiger partial charge in [-0.15, -0.1) is 6.42 Å². The number of nitrogens with one attached hydrogen (secondary N) is 1. The highest BCUT2D eigenvalue weighted by atomic mass is 32.2. The van der Waals surface area contributed by atoms with Gasteiger partial charge in [0.15, 0.2) is 11.6 Å². The number of terminal acetylenes is 1. The maximum absolute atomic E-state index is 13.7. The van der Waals surface area contributed by atoms with Crippen LogP contribution in [0.5, 0.6) is 0 Å². The molecular weight excluding hydrogens is 312 g/mol. The lowest BCUT2D eigenvalue weighted by atomic mass is 10.2. The van der Waals surface area contributed by atoms with Crippen LogP contribution in [0.1, 0.15) is 11.3 Å². The van der Waals surface area contributed by atoms with Crippen molar-refractivity contribution in [1.82, 2.24) is 4.98 Å². The van der Waals surface area contributed by atoms with Crippen LogP contribution in [0, 0.1) is 35.3 Å². The number of aromatic nitrogens is 1. The molecule has 0 radical (unpaired) electrons. The second-order valence-corrected chi connectivity index (χ2v) is 5.74. The number of hydrogen-bond donors (Lipinski definition) is 1. The van der Waals surface area contributed by atoms with Crippen molar-refractivity contribution in [2.45, 2.75) is 4.90 Å². The molecule has 0 aliphatic heterocycles. The molecule has 0 saturated heterocycles. The van der Waals surface area contributed by atoms with Crippen LogP contribution >= 0.6 is 0 Å². The maximum atomic E-state index is 13.7. The van der Waals surface area contributed by atoms with Crippen LogP contribution in [0.4, 0.5) is 14.5 Å². The highest BCUT2D eigenvalue weighted by Crippen LogP contribution is 2.23. The Morgan fingerprint density at radius 3 is 2.32 bits per heavy atom. The molecule has 0 spiro atoms. The number of pyridine rings is 1. The number of anilines is 1. The summed E-state index contributed by atoms with van der Waals surface area (Å²) in [6.45, 7) is 0. The van der Waals surface area contributed by atoms with Crippen molar-refractivity contribution in [3.8, 4) is 18.4 Å². The monoisotopic (exact) mass is 319 g/mol. The van der Waals surface area contributed by atoms with Crippen LogP contribution in [0.25, 0.3) is 0 Å². The Hall–Kier alpha value is -2.97. The summed E-state index contributed by atoms with van der Waals surface area (Å²) in [5.41, 5.74) is -0.893. The molecule has 0 aliphatic carbocycles. The molecule has 110 valence electrons. The lowest BCUT2D eigenvalue weighted by molar-refractivity contribution is 0.582. The van der Waals surface area contributed by atoms with E-state index in [0.29, 0.717) is 0 Å².